The highest BCUT2D eigenvalue weighted by molar-refractivity contribution is 5.97. The number of carbonyl (C=O) groups is 9. The first-order chi connectivity index (χ1) is 34.2. The van der Waals surface area contributed by atoms with Crippen molar-refractivity contribution >= 4 is 53.2 Å². The van der Waals surface area contributed by atoms with Gasteiger partial charge in [-0.15, -0.1) is 5.43 Å². The standard InChI is InChI=1S/C47H63N11O14/c1-27(59)40(46(68)52-32(19-21-38(49)61)41(63)54-36(25-29-12-6-3-7-13-29)44(66)53-34(47(69)70)14-8-9-23-48)56-42(64)33(20-22-39(50)62)51-43(65)35(24-28-10-4-2-5-11-28)55-45(67)37(57-58(71)72)26-30-15-17-31(60)18-16-30/h2-7,10-13,15-18,27,32-37,40,57,59-60H,8-9,14,19-26,48H2,1H3,(H2,49,61)(H2,50,62)(H,51,65)(H,52,68)(H,53,66)(H,54,63)(H,55,67)(H,56,64)(H,69,70)/t27-,32+,33+,34+,35+,36+,37+,40+/m1/s1. The number of hydrogen-bond donors (Lipinski definition) is 13. The molecule has 0 unspecified atom stereocenters. The Bertz CT molecular complexity index is 2320. The van der Waals surface area contributed by atoms with Crippen molar-refractivity contribution in [3.8, 4) is 5.75 Å². The van der Waals surface area contributed by atoms with Crippen LogP contribution in [0.25, 0.3) is 0 Å². The lowest BCUT2D eigenvalue weighted by molar-refractivity contribution is -0.548. The third kappa shape index (κ3) is 20.8. The predicted octanol–water partition coefficient (Wildman–Crippen LogP) is -2.40. The fraction of sp³-hybridized carbons (Fsp3) is 0.426. The molecule has 3 rings (SSSR count). The van der Waals surface area contributed by atoms with E-state index in [0.717, 1.165) is 6.92 Å². The Morgan fingerprint density at radius 2 is 0.931 bits per heavy atom. The van der Waals surface area contributed by atoms with Crippen molar-refractivity contribution in [1.82, 2.24) is 37.3 Å². The van der Waals surface area contributed by atoms with Crippen LogP contribution in [-0.2, 0) is 62.4 Å². The van der Waals surface area contributed by atoms with Crippen molar-refractivity contribution in [3.05, 3.63) is 112 Å². The topological polar surface area (TPSA) is 420 Å². The van der Waals surface area contributed by atoms with E-state index in [0.29, 0.717) is 29.5 Å². The molecule has 0 heterocycles. The van der Waals surface area contributed by atoms with E-state index in [2.05, 4.69) is 31.9 Å². The van der Waals surface area contributed by atoms with Gasteiger partial charge in [-0.05, 0) is 74.4 Å². The number of nitro groups is 1. The number of unbranched alkanes of at least 4 members (excludes halogenated alkanes) is 1. The number of carboxylic acid groups (broad SMARTS) is 1. The van der Waals surface area contributed by atoms with Crippen molar-refractivity contribution in [2.75, 3.05) is 6.54 Å². The van der Waals surface area contributed by atoms with Gasteiger partial charge in [-0.3, -0.25) is 38.4 Å². The highest BCUT2D eigenvalue weighted by atomic mass is 16.7. The third-order valence-corrected chi connectivity index (χ3v) is 11.0. The van der Waals surface area contributed by atoms with Crippen LogP contribution in [0, 0.1) is 10.1 Å². The maximum absolute atomic E-state index is 14.1. The Morgan fingerprint density at radius 3 is 1.36 bits per heavy atom. The number of aliphatic hydroxyl groups excluding tert-OH is 1. The first-order valence-corrected chi connectivity index (χ1v) is 22.9. The van der Waals surface area contributed by atoms with Gasteiger partial charge >= 0.3 is 5.97 Å². The predicted molar refractivity (Wildman–Crippen MR) is 257 cm³/mol. The van der Waals surface area contributed by atoms with Crippen molar-refractivity contribution in [2.45, 2.75) is 120 Å². The fourth-order valence-corrected chi connectivity index (χ4v) is 7.18. The van der Waals surface area contributed by atoms with Crippen LogP contribution < -0.4 is 54.5 Å². The van der Waals surface area contributed by atoms with Crippen molar-refractivity contribution in [3.63, 3.8) is 0 Å². The fourth-order valence-electron chi connectivity index (χ4n) is 7.18. The first kappa shape index (κ1) is 58.1. The molecule has 0 aliphatic carbocycles. The monoisotopic (exact) mass is 1010 g/mol. The van der Waals surface area contributed by atoms with E-state index in [9.17, 15) is 68.6 Å². The van der Waals surface area contributed by atoms with Gasteiger partial charge in [0.2, 0.25) is 47.3 Å². The average molecular weight is 1010 g/mol. The maximum atomic E-state index is 14.1. The summed E-state index contributed by atoms with van der Waals surface area (Å²) in [5.74, 6) is -9.56. The molecule has 72 heavy (non-hydrogen) atoms. The molecule has 390 valence electrons. The smallest absolute Gasteiger partial charge is 0.326 e. The summed E-state index contributed by atoms with van der Waals surface area (Å²) in [5.41, 5.74) is 19.7. The Labute approximate surface area is 413 Å². The lowest BCUT2D eigenvalue weighted by atomic mass is 10.0. The number of nitrogens with two attached hydrogens (primary N) is 3. The Morgan fingerprint density at radius 1 is 0.542 bits per heavy atom. The number of phenols is 1. The molecule has 0 fully saturated rings. The summed E-state index contributed by atoms with van der Waals surface area (Å²) < 4.78 is 0. The highest BCUT2D eigenvalue weighted by Crippen LogP contribution is 2.14. The van der Waals surface area contributed by atoms with Gasteiger partial charge in [0, 0.05) is 32.1 Å². The van der Waals surface area contributed by atoms with E-state index in [4.69, 9.17) is 17.2 Å². The zero-order valence-electron chi connectivity index (χ0n) is 39.5. The Hall–Kier alpha value is -8.19. The summed E-state index contributed by atoms with van der Waals surface area (Å²) in [6.45, 7) is 1.39. The molecule has 3 aromatic rings. The summed E-state index contributed by atoms with van der Waals surface area (Å²) in [7, 11) is 0. The zero-order chi connectivity index (χ0) is 53.3. The number of hydrazine groups is 1. The van der Waals surface area contributed by atoms with Gasteiger partial charge < -0.3 is 64.4 Å². The Balaban J connectivity index is 1.90. The van der Waals surface area contributed by atoms with Gasteiger partial charge in [0.1, 0.15) is 42.0 Å². The number of aliphatic hydroxyl groups is 1. The molecule has 0 aromatic heterocycles. The lowest BCUT2D eigenvalue weighted by Gasteiger charge is -2.28. The first-order valence-electron chi connectivity index (χ1n) is 22.9. The molecular weight excluding hydrogens is 943 g/mol. The molecule has 25 heteroatoms. The van der Waals surface area contributed by atoms with Crippen LogP contribution in [0.2, 0.25) is 0 Å². The van der Waals surface area contributed by atoms with Crippen LogP contribution in [0.15, 0.2) is 84.9 Å². The van der Waals surface area contributed by atoms with Crippen LogP contribution in [-0.4, -0.2) is 129 Å². The molecule has 0 bridgehead atoms. The average Bonchev–Trinajstić information content (AvgIpc) is 3.32. The molecule has 25 nitrogen and oxygen atoms in total. The zero-order valence-corrected chi connectivity index (χ0v) is 39.5. The molecule has 0 aliphatic rings. The van der Waals surface area contributed by atoms with E-state index < -0.39 is 132 Å². The van der Waals surface area contributed by atoms with Gasteiger partial charge in [0.15, 0.2) is 11.1 Å². The summed E-state index contributed by atoms with van der Waals surface area (Å²) in [5, 5.41) is 55.4. The number of aliphatic carboxylic acids is 1. The van der Waals surface area contributed by atoms with E-state index in [-0.39, 0.29) is 38.0 Å². The summed E-state index contributed by atoms with van der Waals surface area (Å²) in [6.07, 6.45) is -3.41. The molecular formula is C47H63N11O14. The largest absolute Gasteiger partial charge is 0.508 e. The minimum Gasteiger partial charge on any atom is -0.508 e. The number of benzene rings is 3. The van der Waals surface area contributed by atoms with Gasteiger partial charge in [0.05, 0.1) is 6.10 Å². The number of primary amides is 2. The van der Waals surface area contributed by atoms with Crippen LogP contribution in [0.4, 0.5) is 0 Å². The molecule has 0 saturated carbocycles. The minimum absolute atomic E-state index is 0.0269. The molecule has 8 amide bonds. The van der Waals surface area contributed by atoms with E-state index in [1.807, 2.05) is 5.43 Å². The van der Waals surface area contributed by atoms with E-state index in [1.165, 1.54) is 24.3 Å². The highest BCUT2D eigenvalue weighted by Gasteiger charge is 2.36. The number of hydrogen-bond acceptors (Lipinski definition) is 14. The van der Waals surface area contributed by atoms with Crippen molar-refractivity contribution in [1.29, 1.82) is 0 Å². The second-order valence-corrected chi connectivity index (χ2v) is 16.9. The van der Waals surface area contributed by atoms with Gasteiger partial charge in [-0.2, -0.15) is 0 Å². The third-order valence-electron chi connectivity index (χ3n) is 11.0. The van der Waals surface area contributed by atoms with E-state index in [1.54, 1.807) is 60.7 Å². The molecule has 3 aromatic carbocycles. The number of amides is 8. The summed E-state index contributed by atoms with van der Waals surface area (Å²) in [4.78, 5) is 131. The summed E-state index contributed by atoms with van der Waals surface area (Å²) in [6, 6.07) is 10.9. The molecule has 0 aliphatic heterocycles. The quantitative estimate of drug-likeness (QED) is 0.0176. The maximum Gasteiger partial charge on any atom is 0.326 e. The molecule has 8 atom stereocenters. The summed E-state index contributed by atoms with van der Waals surface area (Å²) >= 11 is 0. The normalized spacial score (nSPS) is 14.2. The van der Waals surface area contributed by atoms with Crippen LogP contribution >= 0.6 is 0 Å². The Kier molecular flexibility index (Phi) is 24.0. The molecule has 0 saturated heterocycles. The number of rotatable bonds is 32. The van der Waals surface area contributed by atoms with Gasteiger partial charge in [0.25, 0.3) is 0 Å². The number of aromatic hydroxyl groups is 1. The van der Waals surface area contributed by atoms with Crippen LogP contribution in [0.3, 0.4) is 0 Å². The minimum atomic E-state index is -1.91. The van der Waals surface area contributed by atoms with Crippen LogP contribution in [0.1, 0.15) is 68.6 Å². The van der Waals surface area contributed by atoms with Gasteiger partial charge in [-0.25, -0.2) is 14.9 Å². The number of nitrogens with zero attached hydrogens (tertiary/aromatic N) is 1. The van der Waals surface area contributed by atoms with E-state index >= 15 is 0 Å². The number of carboxylic acids is 1. The second-order valence-electron chi connectivity index (χ2n) is 16.9. The molecule has 0 radical (unpaired) electrons. The molecule has 16 N–H and O–H groups in total. The molecule has 0 spiro atoms. The number of phenolic OH excluding ortho intramolecular Hbond substituents is 1. The number of nitrogens with one attached hydrogen (secondary N) is 7. The number of carbonyl (C=O) groups excluding carboxylic acids is 8. The SMILES string of the molecule is C[C@@H](O)[C@H](NC(=O)[C@H](CCC(N)=O)NC(=O)[C@H](Cc1ccccc1)NC(=O)[C@H](Cc1ccc(O)cc1)N[N+](=O)[O-])C(=O)N[C@@H](CCC(N)=O)C(=O)N[C@@H](Cc1ccccc1)C(=O)N[C@@H](CCCCN)C(=O)O. The van der Waals surface area contributed by atoms with Crippen molar-refractivity contribution in [2.24, 2.45) is 17.2 Å². The van der Waals surface area contributed by atoms with Crippen molar-refractivity contribution < 1.29 is 63.5 Å². The van der Waals surface area contributed by atoms with Crippen LogP contribution in [0.5, 0.6) is 5.75 Å². The lowest BCUT2D eigenvalue weighted by Crippen LogP contribution is -2.62. The van der Waals surface area contributed by atoms with Gasteiger partial charge in [-0.1, -0.05) is 72.8 Å². The second kappa shape index (κ2) is 29.8.